The first-order valence-electron chi connectivity index (χ1n) is 9.48. The minimum Gasteiger partial charge on any atom is -0.393 e. The summed E-state index contributed by atoms with van der Waals surface area (Å²) in [5, 5.41) is 9.97. The molecule has 2 heteroatoms. The molecule has 0 aliphatic carbocycles. The molecule has 0 aromatic rings. The van der Waals surface area contributed by atoms with E-state index < -0.39 is 0 Å². The Morgan fingerprint density at radius 2 is 1.33 bits per heavy atom. The third-order valence-electron chi connectivity index (χ3n) is 4.77. The summed E-state index contributed by atoms with van der Waals surface area (Å²) in [6.07, 6.45) is 17.6. The lowest BCUT2D eigenvalue weighted by atomic mass is 10.0. The van der Waals surface area contributed by atoms with Gasteiger partial charge in [-0.05, 0) is 26.2 Å². The minimum absolute atomic E-state index is 0.0575. The normalized spacial score (nSPS) is 22.4. The number of ether oxygens (including phenoxy) is 1. The molecule has 126 valence electrons. The SMILES string of the molecule is CCCCCCCCCCC(O)CCCCCC1(C)CO1. The highest BCUT2D eigenvalue weighted by atomic mass is 16.6. The minimum atomic E-state index is -0.0575. The van der Waals surface area contributed by atoms with Crippen molar-refractivity contribution in [3.05, 3.63) is 0 Å². The van der Waals surface area contributed by atoms with Gasteiger partial charge in [-0.2, -0.15) is 0 Å². The highest BCUT2D eigenvalue weighted by Gasteiger charge is 2.37. The first-order chi connectivity index (χ1) is 10.2. The van der Waals surface area contributed by atoms with Crippen LogP contribution in [0.2, 0.25) is 0 Å². The summed E-state index contributed by atoms with van der Waals surface area (Å²) >= 11 is 0. The van der Waals surface area contributed by atoms with Gasteiger partial charge >= 0.3 is 0 Å². The fraction of sp³-hybridized carbons (Fsp3) is 1.00. The predicted molar refractivity (Wildman–Crippen MR) is 90.7 cm³/mol. The Morgan fingerprint density at radius 1 is 0.857 bits per heavy atom. The lowest BCUT2D eigenvalue weighted by Crippen LogP contribution is -2.07. The molecule has 2 unspecified atom stereocenters. The van der Waals surface area contributed by atoms with Gasteiger partial charge in [0.2, 0.25) is 0 Å². The molecule has 0 aromatic heterocycles. The molecule has 1 rings (SSSR count). The summed E-state index contributed by atoms with van der Waals surface area (Å²) in [7, 11) is 0. The maximum Gasteiger partial charge on any atom is 0.0888 e. The number of epoxide rings is 1. The first kappa shape index (κ1) is 19.0. The summed E-state index contributed by atoms with van der Waals surface area (Å²) in [6.45, 7) is 5.42. The van der Waals surface area contributed by atoms with Crippen molar-refractivity contribution < 1.29 is 9.84 Å². The second-order valence-corrected chi connectivity index (χ2v) is 7.26. The quantitative estimate of drug-likeness (QED) is 0.314. The Kier molecular flexibility index (Phi) is 10.4. The number of hydrogen-bond donors (Lipinski definition) is 1. The van der Waals surface area contributed by atoms with Gasteiger partial charge in [-0.1, -0.05) is 77.6 Å². The molecule has 2 atom stereocenters. The Bertz CT molecular complexity index is 236. The Labute approximate surface area is 132 Å². The van der Waals surface area contributed by atoms with Crippen LogP contribution >= 0.6 is 0 Å². The van der Waals surface area contributed by atoms with Crippen LogP contribution in [0, 0.1) is 0 Å². The average Bonchev–Trinajstić information content (AvgIpc) is 3.19. The molecule has 21 heavy (non-hydrogen) atoms. The summed E-state index contributed by atoms with van der Waals surface area (Å²) < 4.78 is 5.38. The van der Waals surface area contributed by atoms with Gasteiger partial charge in [-0.3, -0.25) is 0 Å². The number of rotatable bonds is 15. The van der Waals surface area contributed by atoms with Crippen molar-refractivity contribution in [1.29, 1.82) is 0 Å². The number of unbranched alkanes of at least 4 members (excludes halogenated alkanes) is 9. The molecular weight excluding hydrogens is 260 g/mol. The van der Waals surface area contributed by atoms with E-state index in [-0.39, 0.29) is 11.7 Å². The van der Waals surface area contributed by atoms with Crippen LogP contribution in [0.15, 0.2) is 0 Å². The van der Waals surface area contributed by atoms with E-state index in [0.29, 0.717) is 0 Å². The van der Waals surface area contributed by atoms with Gasteiger partial charge in [-0.25, -0.2) is 0 Å². The summed E-state index contributed by atoms with van der Waals surface area (Å²) in [6, 6.07) is 0. The molecule has 0 bridgehead atoms. The van der Waals surface area contributed by atoms with Crippen LogP contribution in [0.5, 0.6) is 0 Å². The van der Waals surface area contributed by atoms with Crippen LogP contribution in [-0.4, -0.2) is 23.4 Å². The smallest absolute Gasteiger partial charge is 0.0888 e. The second-order valence-electron chi connectivity index (χ2n) is 7.26. The van der Waals surface area contributed by atoms with Gasteiger partial charge in [0.25, 0.3) is 0 Å². The second kappa shape index (κ2) is 11.5. The van der Waals surface area contributed by atoms with Gasteiger partial charge in [0.15, 0.2) is 0 Å². The standard InChI is InChI=1S/C19H38O2/c1-3-4-5-6-7-8-9-11-14-18(20)15-12-10-13-16-19(2)17-21-19/h18,20H,3-17H2,1-2H3. The largest absolute Gasteiger partial charge is 0.393 e. The molecular formula is C19H38O2. The Balaban J connectivity index is 1.75. The third kappa shape index (κ3) is 11.2. The average molecular weight is 299 g/mol. The van der Waals surface area contributed by atoms with E-state index in [1.165, 1.54) is 77.0 Å². The summed E-state index contributed by atoms with van der Waals surface area (Å²) in [5.41, 5.74) is 0.218. The van der Waals surface area contributed by atoms with Crippen molar-refractivity contribution in [3.63, 3.8) is 0 Å². The zero-order valence-corrected chi connectivity index (χ0v) is 14.5. The lowest BCUT2D eigenvalue weighted by molar-refractivity contribution is 0.147. The van der Waals surface area contributed by atoms with E-state index in [0.717, 1.165) is 19.4 Å². The van der Waals surface area contributed by atoms with Crippen molar-refractivity contribution in [2.75, 3.05) is 6.61 Å². The van der Waals surface area contributed by atoms with Gasteiger partial charge in [0.1, 0.15) is 0 Å². The van der Waals surface area contributed by atoms with E-state index in [4.69, 9.17) is 4.74 Å². The van der Waals surface area contributed by atoms with Gasteiger partial charge < -0.3 is 9.84 Å². The van der Waals surface area contributed by atoms with Crippen LogP contribution in [-0.2, 0) is 4.74 Å². The summed E-state index contributed by atoms with van der Waals surface area (Å²) in [4.78, 5) is 0. The van der Waals surface area contributed by atoms with Crippen LogP contribution in [0.4, 0.5) is 0 Å². The number of aliphatic hydroxyl groups is 1. The van der Waals surface area contributed by atoms with Crippen LogP contribution in [0.25, 0.3) is 0 Å². The molecule has 0 radical (unpaired) electrons. The van der Waals surface area contributed by atoms with E-state index in [1.807, 2.05) is 0 Å². The van der Waals surface area contributed by atoms with Crippen LogP contribution < -0.4 is 0 Å². The van der Waals surface area contributed by atoms with Crippen LogP contribution in [0.1, 0.15) is 104 Å². The topological polar surface area (TPSA) is 32.8 Å². The summed E-state index contributed by atoms with van der Waals surface area (Å²) in [5.74, 6) is 0. The van der Waals surface area contributed by atoms with E-state index in [9.17, 15) is 5.11 Å². The predicted octanol–water partition coefficient (Wildman–Crippen LogP) is 5.62. The van der Waals surface area contributed by atoms with Gasteiger partial charge in [-0.15, -0.1) is 0 Å². The highest BCUT2D eigenvalue weighted by molar-refractivity contribution is 4.86. The third-order valence-corrected chi connectivity index (χ3v) is 4.77. The molecule has 1 saturated heterocycles. The van der Waals surface area contributed by atoms with Gasteiger partial charge in [0.05, 0.1) is 18.3 Å². The maximum absolute atomic E-state index is 9.97. The van der Waals surface area contributed by atoms with Gasteiger partial charge in [0, 0.05) is 0 Å². The van der Waals surface area contributed by atoms with Crippen LogP contribution in [0.3, 0.4) is 0 Å². The molecule has 1 N–H and O–H groups in total. The van der Waals surface area contributed by atoms with Crippen molar-refractivity contribution in [1.82, 2.24) is 0 Å². The molecule has 1 aliphatic heterocycles. The van der Waals surface area contributed by atoms with Crippen molar-refractivity contribution >= 4 is 0 Å². The lowest BCUT2D eigenvalue weighted by Gasteiger charge is -2.10. The van der Waals surface area contributed by atoms with Crippen molar-refractivity contribution in [2.24, 2.45) is 0 Å². The zero-order chi connectivity index (χ0) is 15.4. The highest BCUT2D eigenvalue weighted by Crippen LogP contribution is 2.31. The Hall–Kier alpha value is -0.0800. The first-order valence-corrected chi connectivity index (χ1v) is 9.48. The monoisotopic (exact) mass is 298 g/mol. The fourth-order valence-corrected chi connectivity index (χ4v) is 2.98. The van der Waals surface area contributed by atoms with Crippen molar-refractivity contribution in [3.8, 4) is 0 Å². The molecule has 0 amide bonds. The van der Waals surface area contributed by atoms with E-state index in [2.05, 4.69) is 13.8 Å². The maximum atomic E-state index is 9.97. The molecule has 0 spiro atoms. The molecule has 0 saturated carbocycles. The molecule has 1 fully saturated rings. The van der Waals surface area contributed by atoms with Crippen molar-refractivity contribution in [2.45, 2.75) is 115 Å². The molecule has 2 nitrogen and oxygen atoms in total. The number of hydrogen-bond acceptors (Lipinski definition) is 2. The molecule has 0 aromatic carbocycles. The Morgan fingerprint density at radius 3 is 1.86 bits per heavy atom. The fourth-order valence-electron chi connectivity index (χ4n) is 2.98. The van der Waals surface area contributed by atoms with E-state index >= 15 is 0 Å². The molecule has 1 aliphatic rings. The molecule has 1 heterocycles. The zero-order valence-electron chi connectivity index (χ0n) is 14.5. The number of aliphatic hydroxyl groups excluding tert-OH is 1. The van der Waals surface area contributed by atoms with E-state index in [1.54, 1.807) is 0 Å².